The molecule has 0 spiro atoms. The molecule has 1 saturated carbocycles. The van der Waals surface area contributed by atoms with Crippen LogP contribution in [0.15, 0.2) is 48.7 Å². The quantitative estimate of drug-likeness (QED) is 0.644. The van der Waals surface area contributed by atoms with Crippen LogP contribution >= 0.6 is 11.6 Å². The number of hydrogen-bond acceptors (Lipinski definition) is 5. The van der Waals surface area contributed by atoms with E-state index in [-0.39, 0.29) is 23.9 Å². The molecule has 5 nitrogen and oxygen atoms in total. The summed E-state index contributed by atoms with van der Waals surface area (Å²) in [7, 11) is 3.17. The van der Waals surface area contributed by atoms with E-state index in [1.54, 1.807) is 26.5 Å². The maximum absolute atomic E-state index is 13.2. The lowest BCUT2D eigenvalue weighted by atomic mass is 9.78. The molecule has 3 atom stereocenters. The molecule has 3 unspecified atom stereocenters. The van der Waals surface area contributed by atoms with E-state index in [1.807, 2.05) is 36.4 Å². The molecule has 0 saturated heterocycles. The monoisotopic (exact) mass is 428 g/mol. The molecule has 158 valence electrons. The summed E-state index contributed by atoms with van der Waals surface area (Å²) in [6, 6.07) is 13.1. The number of halogens is 1. The van der Waals surface area contributed by atoms with Crippen molar-refractivity contribution in [1.29, 1.82) is 0 Å². The van der Waals surface area contributed by atoms with Gasteiger partial charge in [0, 0.05) is 11.4 Å². The van der Waals surface area contributed by atoms with Gasteiger partial charge in [0.25, 0.3) is 0 Å². The van der Waals surface area contributed by atoms with Crippen LogP contribution in [0.1, 0.15) is 30.4 Å². The van der Waals surface area contributed by atoms with Crippen molar-refractivity contribution in [1.82, 2.24) is 0 Å². The van der Waals surface area contributed by atoms with Crippen molar-refractivity contribution in [3.8, 4) is 11.5 Å². The van der Waals surface area contributed by atoms with Crippen molar-refractivity contribution in [3.63, 3.8) is 0 Å². The first-order valence-corrected chi connectivity index (χ1v) is 10.4. The fourth-order valence-corrected chi connectivity index (χ4v) is 4.38. The highest BCUT2D eigenvalue weighted by molar-refractivity contribution is 6.30. The smallest absolute Gasteiger partial charge is 0.173 e. The van der Waals surface area contributed by atoms with Crippen LogP contribution in [-0.4, -0.2) is 32.2 Å². The first kappa shape index (κ1) is 20.8. The lowest BCUT2D eigenvalue weighted by Crippen LogP contribution is -2.41. The van der Waals surface area contributed by atoms with E-state index >= 15 is 0 Å². The van der Waals surface area contributed by atoms with Gasteiger partial charge in [-0.1, -0.05) is 29.8 Å². The summed E-state index contributed by atoms with van der Waals surface area (Å²) >= 11 is 6.04. The average molecular weight is 429 g/mol. The van der Waals surface area contributed by atoms with Crippen LogP contribution in [-0.2, 0) is 20.9 Å². The molecule has 30 heavy (non-hydrogen) atoms. The molecule has 0 amide bonds. The highest BCUT2D eigenvalue weighted by atomic mass is 35.5. The summed E-state index contributed by atoms with van der Waals surface area (Å²) in [6.45, 7) is 0.503. The third-order valence-corrected chi connectivity index (χ3v) is 6.01. The molecule has 1 aliphatic heterocycles. The minimum absolute atomic E-state index is 0.0639. The first-order chi connectivity index (χ1) is 14.6. The maximum Gasteiger partial charge on any atom is 0.173 e. The Bertz CT molecular complexity index is 954. The summed E-state index contributed by atoms with van der Waals surface area (Å²) in [5.41, 5.74) is 2.40. The lowest BCUT2D eigenvalue weighted by Gasteiger charge is -2.37. The van der Waals surface area contributed by atoms with E-state index in [9.17, 15) is 4.79 Å². The second-order valence-corrected chi connectivity index (χ2v) is 8.06. The fraction of sp³-hybridized carbons (Fsp3) is 0.375. The molecule has 0 bridgehead atoms. The van der Waals surface area contributed by atoms with Crippen LogP contribution < -0.4 is 9.47 Å². The number of methoxy groups -OCH3 is 2. The Labute approximate surface area is 181 Å². The summed E-state index contributed by atoms with van der Waals surface area (Å²) in [4.78, 5) is 13.2. The number of hydrogen-bond donors (Lipinski definition) is 0. The molecule has 0 radical (unpaired) electrons. The molecule has 2 aromatic carbocycles. The molecule has 4 rings (SSSR count). The number of benzene rings is 2. The minimum atomic E-state index is -0.153. The SMILES string of the molecule is COc1ccc(C2=COC3CC(OCc4cccc(Cl)c4)CCC3C2=O)cc1OC. The molecule has 0 aromatic heterocycles. The lowest BCUT2D eigenvalue weighted by molar-refractivity contribution is -0.128. The number of ketones is 1. The molecule has 2 aliphatic rings. The summed E-state index contributed by atoms with van der Waals surface area (Å²) in [6.07, 6.45) is 3.77. The Balaban J connectivity index is 1.42. The van der Waals surface area contributed by atoms with Gasteiger partial charge in [-0.05, 0) is 48.2 Å². The zero-order chi connectivity index (χ0) is 21.1. The molecule has 0 N–H and O–H groups in total. The Morgan fingerprint density at radius 1 is 1.07 bits per heavy atom. The van der Waals surface area contributed by atoms with E-state index < -0.39 is 0 Å². The van der Waals surface area contributed by atoms with E-state index in [4.69, 9.17) is 30.5 Å². The van der Waals surface area contributed by atoms with Crippen LogP contribution in [0.25, 0.3) is 5.57 Å². The molecular formula is C24H25ClO5. The van der Waals surface area contributed by atoms with E-state index in [0.29, 0.717) is 35.1 Å². The summed E-state index contributed by atoms with van der Waals surface area (Å²) < 4.78 is 22.7. The van der Waals surface area contributed by atoms with Crippen LogP contribution in [0.3, 0.4) is 0 Å². The normalized spacial score (nSPS) is 23.2. The number of Topliss-reactive ketones (excluding diaryl/α,β-unsaturated/α-hetero) is 1. The van der Waals surface area contributed by atoms with Gasteiger partial charge in [-0.25, -0.2) is 0 Å². The maximum atomic E-state index is 13.2. The average Bonchev–Trinajstić information content (AvgIpc) is 2.77. The number of ether oxygens (including phenoxy) is 4. The third-order valence-electron chi connectivity index (χ3n) is 5.78. The van der Waals surface area contributed by atoms with Crippen molar-refractivity contribution < 1.29 is 23.7 Å². The van der Waals surface area contributed by atoms with Crippen LogP contribution in [0.2, 0.25) is 5.02 Å². The van der Waals surface area contributed by atoms with Crippen molar-refractivity contribution in [2.24, 2.45) is 5.92 Å². The summed E-state index contributed by atoms with van der Waals surface area (Å²) in [5.74, 6) is 1.18. The van der Waals surface area contributed by atoms with Crippen molar-refractivity contribution in [2.45, 2.75) is 38.1 Å². The third kappa shape index (κ3) is 4.32. The predicted molar refractivity (Wildman–Crippen MR) is 115 cm³/mol. The first-order valence-electron chi connectivity index (χ1n) is 10.1. The number of rotatable bonds is 6. The van der Waals surface area contributed by atoms with Gasteiger partial charge in [-0.2, -0.15) is 0 Å². The van der Waals surface area contributed by atoms with Crippen molar-refractivity contribution >= 4 is 23.0 Å². The Kier molecular flexibility index (Phi) is 6.30. The van der Waals surface area contributed by atoms with Gasteiger partial charge in [0.15, 0.2) is 17.3 Å². The highest BCUT2D eigenvalue weighted by Gasteiger charge is 2.40. The Morgan fingerprint density at radius 3 is 2.67 bits per heavy atom. The molecular weight excluding hydrogens is 404 g/mol. The Hall–Kier alpha value is -2.50. The van der Waals surface area contributed by atoms with Crippen LogP contribution in [0, 0.1) is 5.92 Å². The molecule has 1 aliphatic carbocycles. The van der Waals surface area contributed by atoms with Gasteiger partial charge in [0.1, 0.15) is 6.10 Å². The zero-order valence-corrected chi connectivity index (χ0v) is 17.9. The number of allylic oxidation sites excluding steroid dienone is 1. The van der Waals surface area contributed by atoms with Gasteiger partial charge in [-0.15, -0.1) is 0 Å². The van der Waals surface area contributed by atoms with Gasteiger partial charge in [0.2, 0.25) is 0 Å². The highest BCUT2D eigenvalue weighted by Crippen LogP contribution is 2.39. The van der Waals surface area contributed by atoms with Gasteiger partial charge >= 0.3 is 0 Å². The fourth-order valence-electron chi connectivity index (χ4n) is 4.16. The van der Waals surface area contributed by atoms with Gasteiger partial charge in [-0.3, -0.25) is 4.79 Å². The second-order valence-electron chi connectivity index (χ2n) is 7.62. The van der Waals surface area contributed by atoms with E-state index in [1.165, 1.54) is 0 Å². The largest absolute Gasteiger partial charge is 0.496 e. The zero-order valence-electron chi connectivity index (χ0n) is 17.1. The number of fused-ring (bicyclic) bond motifs is 1. The van der Waals surface area contributed by atoms with Crippen LogP contribution in [0.5, 0.6) is 11.5 Å². The molecule has 1 heterocycles. The summed E-state index contributed by atoms with van der Waals surface area (Å²) in [5, 5.41) is 0.703. The second kappa shape index (κ2) is 9.11. The number of carbonyl (C=O) groups excluding carboxylic acids is 1. The van der Waals surface area contributed by atoms with Gasteiger partial charge in [0.05, 0.1) is 44.7 Å². The molecule has 2 aromatic rings. The van der Waals surface area contributed by atoms with Gasteiger partial charge < -0.3 is 18.9 Å². The molecule has 1 fully saturated rings. The van der Waals surface area contributed by atoms with Crippen molar-refractivity contribution in [2.75, 3.05) is 14.2 Å². The topological polar surface area (TPSA) is 54.0 Å². The minimum Gasteiger partial charge on any atom is -0.496 e. The van der Waals surface area contributed by atoms with E-state index in [2.05, 4.69) is 0 Å². The van der Waals surface area contributed by atoms with Crippen LogP contribution in [0.4, 0.5) is 0 Å². The predicted octanol–water partition coefficient (Wildman–Crippen LogP) is 5.05. The Morgan fingerprint density at radius 2 is 1.90 bits per heavy atom. The standard InChI is InChI=1S/C24H25ClO5/c1-27-21-9-6-16(11-23(21)28-2)20-14-30-22-12-18(7-8-19(22)24(20)26)29-13-15-4-3-5-17(25)10-15/h3-6,9-11,14,18-19,22H,7-8,12-13H2,1-2H3. The van der Waals surface area contributed by atoms with Crippen molar-refractivity contribution in [3.05, 3.63) is 64.9 Å². The van der Waals surface area contributed by atoms with E-state index in [0.717, 1.165) is 24.0 Å². The molecule has 6 heteroatoms. The number of carbonyl (C=O) groups is 1.